The first-order valence-electron chi connectivity index (χ1n) is 8.85. The van der Waals surface area contributed by atoms with Crippen LogP contribution in [0.5, 0.6) is 0 Å². The van der Waals surface area contributed by atoms with Gasteiger partial charge in [-0.1, -0.05) is 18.2 Å². The van der Waals surface area contributed by atoms with Gasteiger partial charge in [0.05, 0.1) is 22.8 Å². The molecule has 0 spiro atoms. The Bertz CT molecular complexity index is 995. The smallest absolute Gasteiger partial charge is 0.255 e. The number of aromatic nitrogens is 2. The number of amides is 2. The van der Waals surface area contributed by atoms with Crippen LogP contribution in [-0.2, 0) is 4.79 Å². The number of anilines is 2. The highest BCUT2D eigenvalue weighted by Crippen LogP contribution is 2.23. The number of alkyl halides is 1. The molecule has 3 aromatic rings. The lowest BCUT2D eigenvalue weighted by atomic mass is 10.2. The molecule has 1 aromatic heterocycles. The summed E-state index contributed by atoms with van der Waals surface area (Å²) in [5.41, 5.74) is 4.24. The molecule has 144 valence electrons. The van der Waals surface area contributed by atoms with Crippen LogP contribution in [0.1, 0.15) is 28.7 Å². The minimum atomic E-state index is -0.630. The van der Waals surface area contributed by atoms with E-state index in [4.69, 9.17) is 11.6 Å². The molecule has 28 heavy (non-hydrogen) atoms. The van der Waals surface area contributed by atoms with Crippen molar-refractivity contribution in [2.45, 2.75) is 26.1 Å². The molecule has 2 aromatic carbocycles. The molecule has 0 fully saturated rings. The van der Waals surface area contributed by atoms with Crippen LogP contribution in [0.3, 0.4) is 0 Å². The predicted octanol–water partition coefficient (Wildman–Crippen LogP) is 4.31. The van der Waals surface area contributed by atoms with Crippen molar-refractivity contribution in [3.8, 4) is 5.69 Å². The van der Waals surface area contributed by atoms with Gasteiger partial charge in [0, 0.05) is 11.3 Å². The van der Waals surface area contributed by atoms with Gasteiger partial charge in [-0.15, -0.1) is 11.6 Å². The first-order valence-corrected chi connectivity index (χ1v) is 9.28. The summed E-state index contributed by atoms with van der Waals surface area (Å²) < 4.78 is 1.80. The van der Waals surface area contributed by atoms with E-state index in [1.165, 1.54) is 0 Å². The fourth-order valence-electron chi connectivity index (χ4n) is 2.78. The van der Waals surface area contributed by atoms with Crippen LogP contribution in [0, 0.1) is 13.8 Å². The number of hydrogen-bond donors (Lipinski definition) is 2. The Kier molecular flexibility index (Phi) is 5.80. The number of halogens is 1. The van der Waals surface area contributed by atoms with E-state index in [1.54, 1.807) is 35.9 Å². The Morgan fingerprint density at radius 3 is 2.25 bits per heavy atom. The zero-order chi connectivity index (χ0) is 20.3. The van der Waals surface area contributed by atoms with Gasteiger partial charge in [-0.05, 0) is 57.2 Å². The van der Waals surface area contributed by atoms with E-state index in [-0.39, 0.29) is 11.8 Å². The molecule has 0 saturated carbocycles. The number of rotatable bonds is 5. The topological polar surface area (TPSA) is 76.0 Å². The highest BCUT2D eigenvalue weighted by molar-refractivity contribution is 6.32. The van der Waals surface area contributed by atoms with E-state index in [9.17, 15) is 9.59 Å². The second-order valence-electron chi connectivity index (χ2n) is 6.43. The van der Waals surface area contributed by atoms with Crippen molar-refractivity contribution in [1.82, 2.24) is 9.78 Å². The summed E-state index contributed by atoms with van der Waals surface area (Å²) in [5, 5.41) is 9.52. The van der Waals surface area contributed by atoms with Crippen LogP contribution in [0.4, 0.5) is 11.4 Å². The summed E-state index contributed by atoms with van der Waals surface area (Å²) in [5.74, 6) is -0.541. The highest BCUT2D eigenvalue weighted by atomic mass is 35.5. The summed E-state index contributed by atoms with van der Waals surface area (Å²) in [6.45, 7) is 5.36. The maximum absolute atomic E-state index is 12.6. The Morgan fingerprint density at radius 1 is 1.00 bits per heavy atom. The van der Waals surface area contributed by atoms with Gasteiger partial charge in [0.25, 0.3) is 5.91 Å². The Morgan fingerprint density at radius 2 is 1.64 bits per heavy atom. The number of hydrogen-bond acceptors (Lipinski definition) is 3. The molecule has 0 aliphatic rings. The van der Waals surface area contributed by atoms with E-state index in [0.29, 0.717) is 16.9 Å². The van der Waals surface area contributed by atoms with Gasteiger partial charge in [-0.2, -0.15) is 5.10 Å². The molecule has 2 N–H and O–H groups in total. The zero-order valence-electron chi connectivity index (χ0n) is 15.9. The van der Waals surface area contributed by atoms with Crippen molar-refractivity contribution < 1.29 is 9.59 Å². The fraction of sp³-hybridized carbons (Fsp3) is 0.190. The van der Waals surface area contributed by atoms with E-state index in [2.05, 4.69) is 15.7 Å². The van der Waals surface area contributed by atoms with Gasteiger partial charge in [-0.3, -0.25) is 9.59 Å². The number of benzene rings is 2. The lowest BCUT2D eigenvalue weighted by molar-refractivity contribution is -0.115. The summed E-state index contributed by atoms with van der Waals surface area (Å²) >= 11 is 5.74. The molecule has 1 atom stereocenters. The summed E-state index contributed by atoms with van der Waals surface area (Å²) in [7, 11) is 0. The monoisotopic (exact) mass is 396 g/mol. The molecule has 7 heteroatoms. The van der Waals surface area contributed by atoms with E-state index >= 15 is 0 Å². The first-order chi connectivity index (χ1) is 13.4. The number of nitrogens with one attached hydrogen (secondary N) is 2. The van der Waals surface area contributed by atoms with Crippen molar-refractivity contribution in [3.05, 3.63) is 71.5 Å². The second-order valence-corrected chi connectivity index (χ2v) is 7.08. The van der Waals surface area contributed by atoms with Crippen LogP contribution < -0.4 is 10.6 Å². The molecule has 0 unspecified atom stereocenters. The average molecular weight is 397 g/mol. The second kappa shape index (κ2) is 8.27. The third-order valence-electron chi connectivity index (χ3n) is 4.31. The average Bonchev–Trinajstić information content (AvgIpc) is 2.97. The molecule has 3 rings (SSSR count). The quantitative estimate of drug-likeness (QED) is 0.631. The first kappa shape index (κ1) is 19.6. The lowest BCUT2D eigenvalue weighted by Gasteiger charge is -2.09. The molecule has 0 aliphatic heterocycles. The fourth-order valence-corrected chi connectivity index (χ4v) is 2.83. The zero-order valence-corrected chi connectivity index (χ0v) is 16.6. The molecule has 0 radical (unpaired) electrons. The molecule has 0 aliphatic carbocycles. The van der Waals surface area contributed by atoms with Crippen molar-refractivity contribution >= 4 is 34.8 Å². The van der Waals surface area contributed by atoms with Gasteiger partial charge in [0.15, 0.2) is 0 Å². The molecule has 0 saturated heterocycles. The summed E-state index contributed by atoms with van der Waals surface area (Å²) in [6.07, 6.45) is 0. The standard InChI is InChI=1S/C21H21ClN4O2/c1-13(22)20(27)23-17-11-9-16(10-12-17)21(28)24-19-14(2)25-26(15(19)3)18-7-5-4-6-8-18/h4-13H,1-3H3,(H,23,27)(H,24,28)/t13-/m1/s1. The van der Waals surface area contributed by atoms with Crippen molar-refractivity contribution in [1.29, 1.82) is 0 Å². The van der Waals surface area contributed by atoms with Crippen molar-refractivity contribution in [2.75, 3.05) is 10.6 Å². The van der Waals surface area contributed by atoms with Crippen LogP contribution in [0.15, 0.2) is 54.6 Å². The predicted molar refractivity (Wildman–Crippen MR) is 111 cm³/mol. The van der Waals surface area contributed by atoms with E-state index in [1.807, 2.05) is 44.2 Å². The normalized spacial score (nSPS) is 11.7. The lowest BCUT2D eigenvalue weighted by Crippen LogP contribution is -2.20. The molecule has 0 bridgehead atoms. The molecular formula is C21H21ClN4O2. The highest BCUT2D eigenvalue weighted by Gasteiger charge is 2.16. The number of carbonyl (C=O) groups is 2. The van der Waals surface area contributed by atoms with Crippen molar-refractivity contribution in [3.63, 3.8) is 0 Å². The minimum Gasteiger partial charge on any atom is -0.325 e. The van der Waals surface area contributed by atoms with Gasteiger partial charge >= 0.3 is 0 Å². The van der Waals surface area contributed by atoms with Gasteiger partial charge in [0.2, 0.25) is 5.91 Å². The largest absolute Gasteiger partial charge is 0.325 e. The maximum atomic E-state index is 12.6. The third kappa shape index (κ3) is 4.23. The number of aryl methyl sites for hydroxylation is 1. The van der Waals surface area contributed by atoms with E-state index < -0.39 is 5.38 Å². The van der Waals surface area contributed by atoms with E-state index in [0.717, 1.165) is 17.1 Å². The SMILES string of the molecule is Cc1nn(-c2ccccc2)c(C)c1NC(=O)c1ccc(NC(=O)[C@@H](C)Cl)cc1. The molecule has 6 nitrogen and oxygen atoms in total. The maximum Gasteiger partial charge on any atom is 0.255 e. The Labute approximate surface area is 168 Å². The van der Waals surface area contributed by atoms with Crippen molar-refractivity contribution in [2.24, 2.45) is 0 Å². The van der Waals surface area contributed by atoms with Crippen LogP contribution >= 0.6 is 11.6 Å². The number of nitrogens with zero attached hydrogens (tertiary/aromatic N) is 2. The van der Waals surface area contributed by atoms with Gasteiger partial charge in [0.1, 0.15) is 5.38 Å². The molecular weight excluding hydrogens is 376 g/mol. The Hall–Kier alpha value is -3.12. The summed E-state index contributed by atoms with van der Waals surface area (Å²) in [6, 6.07) is 16.4. The minimum absolute atomic E-state index is 0.248. The van der Waals surface area contributed by atoms with Gasteiger partial charge in [-0.25, -0.2) is 4.68 Å². The van der Waals surface area contributed by atoms with Crippen LogP contribution in [0.25, 0.3) is 5.69 Å². The van der Waals surface area contributed by atoms with Crippen LogP contribution in [-0.4, -0.2) is 27.0 Å². The van der Waals surface area contributed by atoms with Crippen LogP contribution in [0.2, 0.25) is 0 Å². The number of carbonyl (C=O) groups excluding carboxylic acids is 2. The molecule has 2 amide bonds. The van der Waals surface area contributed by atoms with Gasteiger partial charge < -0.3 is 10.6 Å². The Balaban J connectivity index is 1.76. The molecule has 1 heterocycles. The number of para-hydroxylation sites is 1. The summed E-state index contributed by atoms with van der Waals surface area (Å²) in [4.78, 5) is 24.3. The third-order valence-corrected chi connectivity index (χ3v) is 4.50.